The van der Waals surface area contributed by atoms with Gasteiger partial charge in [-0.25, -0.2) is 13.9 Å². The third kappa shape index (κ3) is 1.38. The molecule has 1 aromatic heterocycles. The van der Waals surface area contributed by atoms with Gasteiger partial charge in [0.1, 0.15) is 12.8 Å². The van der Waals surface area contributed by atoms with Crippen molar-refractivity contribution >= 4 is 22.6 Å². The smallest absolute Gasteiger partial charge is 0.337 e. The van der Waals surface area contributed by atoms with Gasteiger partial charge in [0, 0.05) is 12.6 Å². The first-order valence-electron chi connectivity index (χ1n) is 5.06. The van der Waals surface area contributed by atoms with E-state index in [1.165, 1.54) is 6.20 Å². The summed E-state index contributed by atoms with van der Waals surface area (Å²) in [6.07, 6.45) is 1.10. The Balaban J connectivity index is 2.39. The molecular weight excluding hydrogens is 343 g/mol. The topological polar surface area (TPSA) is 82.7 Å². The number of fused-ring (bicyclic) bond motifs is 6. The molecule has 0 radical (unpaired) electrons. The highest BCUT2D eigenvalue weighted by Crippen LogP contribution is 2.33. The van der Waals surface area contributed by atoms with Crippen LogP contribution in [0.15, 0.2) is 15.8 Å². The number of rotatable bonds is 1. The van der Waals surface area contributed by atoms with Crippen molar-refractivity contribution in [3.8, 4) is 0 Å². The Morgan fingerprint density at radius 2 is 2.35 bits per heavy atom. The zero-order chi connectivity index (χ0) is 12.2. The molecule has 4 bridgehead atoms. The average Bonchev–Trinajstić information content (AvgIpc) is 2.33. The largest absolute Gasteiger partial charge is 0.389 e. The van der Waals surface area contributed by atoms with E-state index in [-0.39, 0.29) is 5.56 Å². The molecule has 8 heteroatoms. The van der Waals surface area contributed by atoms with E-state index in [9.17, 15) is 14.7 Å². The molecule has 1 aromatic rings. The molecule has 0 amide bonds. The van der Waals surface area contributed by atoms with Crippen molar-refractivity contribution in [3.63, 3.8) is 0 Å². The lowest BCUT2D eigenvalue weighted by molar-refractivity contribution is -0.384. The SMILES string of the molecule is O=c1c(I)cn2c(=O)n1C1CCOC2(CO)O1. The van der Waals surface area contributed by atoms with Gasteiger partial charge in [-0.1, -0.05) is 0 Å². The summed E-state index contributed by atoms with van der Waals surface area (Å²) >= 11 is 1.85. The van der Waals surface area contributed by atoms with Crippen LogP contribution in [0.1, 0.15) is 12.6 Å². The summed E-state index contributed by atoms with van der Waals surface area (Å²) in [5.74, 6) is -1.48. The summed E-state index contributed by atoms with van der Waals surface area (Å²) < 4.78 is 13.5. The molecule has 92 valence electrons. The standard InChI is InChI=1S/C9H9IN2O5/c10-5-3-11-8(15)12(7(5)14)6-1-2-16-9(11,4-13)17-6/h3,6,13H,1-2,4H2. The molecule has 0 aliphatic carbocycles. The fraction of sp³-hybridized carbons (Fsp3) is 0.556. The summed E-state index contributed by atoms with van der Waals surface area (Å²) in [7, 11) is 0. The van der Waals surface area contributed by atoms with Crippen molar-refractivity contribution in [1.29, 1.82) is 0 Å². The highest BCUT2D eigenvalue weighted by molar-refractivity contribution is 14.1. The van der Waals surface area contributed by atoms with Crippen molar-refractivity contribution in [2.75, 3.05) is 13.2 Å². The van der Waals surface area contributed by atoms with Crippen LogP contribution in [-0.2, 0) is 15.4 Å². The molecule has 1 fully saturated rings. The molecule has 1 N–H and O–H groups in total. The predicted molar refractivity (Wildman–Crippen MR) is 63.4 cm³/mol. The van der Waals surface area contributed by atoms with Crippen molar-refractivity contribution in [2.45, 2.75) is 18.6 Å². The third-order valence-electron chi connectivity index (χ3n) is 2.95. The van der Waals surface area contributed by atoms with Crippen molar-refractivity contribution < 1.29 is 14.6 Å². The Bertz CT molecular complexity index is 594. The molecule has 2 aliphatic heterocycles. The first-order chi connectivity index (χ1) is 8.09. The zero-order valence-corrected chi connectivity index (χ0v) is 10.8. The molecule has 2 unspecified atom stereocenters. The number of nitrogens with zero attached hydrogens (tertiary/aromatic N) is 2. The van der Waals surface area contributed by atoms with E-state index in [1.807, 2.05) is 22.6 Å². The second-order valence-electron chi connectivity index (χ2n) is 3.89. The van der Waals surface area contributed by atoms with Crippen LogP contribution in [0.4, 0.5) is 0 Å². The van der Waals surface area contributed by atoms with E-state index >= 15 is 0 Å². The van der Waals surface area contributed by atoms with Gasteiger partial charge >= 0.3 is 5.69 Å². The van der Waals surface area contributed by atoms with Gasteiger partial charge in [0.15, 0.2) is 0 Å². The normalized spacial score (nSPS) is 30.4. The zero-order valence-electron chi connectivity index (χ0n) is 8.63. The summed E-state index contributed by atoms with van der Waals surface area (Å²) in [4.78, 5) is 23.9. The van der Waals surface area contributed by atoms with Crippen LogP contribution in [0, 0.1) is 3.57 Å². The average molecular weight is 352 g/mol. The van der Waals surface area contributed by atoms with Gasteiger partial charge in [-0.15, -0.1) is 0 Å². The van der Waals surface area contributed by atoms with Crippen LogP contribution in [0.2, 0.25) is 0 Å². The summed E-state index contributed by atoms with van der Waals surface area (Å²) in [5, 5.41) is 9.40. The number of aliphatic hydroxyl groups is 1. The maximum atomic E-state index is 12.1. The van der Waals surface area contributed by atoms with E-state index < -0.39 is 24.4 Å². The number of aliphatic hydroxyl groups excluding tert-OH is 1. The second-order valence-corrected chi connectivity index (χ2v) is 5.05. The fourth-order valence-electron chi connectivity index (χ4n) is 2.13. The Morgan fingerprint density at radius 3 is 3.06 bits per heavy atom. The minimum Gasteiger partial charge on any atom is -0.389 e. The van der Waals surface area contributed by atoms with E-state index in [0.717, 1.165) is 9.13 Å². The molecule has 3 rings (SSSR count). The van der Waals surface area contributed by atoms with Crippen molar-refractivity contribution in [2.24, 2.45) is 0 Å². The van der Waals surface area contributed by atoms with Gasteiger partial charge in [-0.3, -0.25) is 4.79 Å². The lowest BCUT2D eigenvalue weighted by Crippen LogP contribution is -2.62. The van der Waals surface area contributed by atoms with Gasteiger partial charge in [-0.05, 0) is 22.6 Å². The van der Waals surface area contributed by atoms with Crippen LogP contribution in [0.3, 0.4) is 0 Å². The minimum absolute atomic E-state index is 0.323. The molecule has 2 aliphatic rings. The van der Waals surface area contributed by atoms with Gasteiger partial charge in [-0.2, -0.15) is 0 Å². The number of hydrogen-bond acceptors (Lipinski definition) is 5. The molecule has 17 heavy (non-hydrogen) atoms. The van der Waals surface area contributed by atoms with E-state index in [0.29, 0.717) is 16.6 Å². The van der Waals surface area contributed by atoms with Crippen molar-refractivity contribution in [3.05, 3.63) is 30.6 Å². The molecule has 7 nitrogen and oxygen atoms in total. The molecular formula is C9H9IN2O5. The van der Waals surface area contributed by atoms with E-state index in [1.54, 1.807) is 0 Å². The summed E-state index contributed by atoms with van der Waals surface area (Å²) in [6.45, 7) is -0.152. The van der Waals surface area contributed by atoms with Crippen LogP contribution < -0.4 is 11.2 Å². The molecule has 0 spiro atoms. The van der Waals surface area contributed by atoms with Gasteiger partial charge < -0.3 is 14.6 Å². The molecule has 0 saturated carbocycles. The van der Waals surface area contributed by atoms with Gasteiger partial charge in [0.05, 0.1) is 10.2 Å². The van der Waals surface area contributed by atoms with Gasteiger partial charge in [0.25, 0.3) is 11.5 Å². The highest BCUT2D eigenvalue weighted by Gasteiger charge is 2.47. The van der Waals surface area contributed by atoms with Crippen LogP contribution in [-0.4, -0.2) is 27.5 Å². The Kier molecular flexibility index (Phi) is 2.44. The maximum absolute atomic E-state index is 12.1. The van der Waals surface area contributed by atoms with E-state index in [2.05, 4.69) is 0 Å². The van der Waals surface area contributed by atoms with Crippen LogP contribution in [0.25, 0.3) is 0 Å². The Hall–Kier alpha value is -0.710. The number of halogens is 1. The maximum Gasteiger partial charge on any atom is 0.337 e. The number of ether oxygens (including phenoxy) is 2. The van der Waals surface area contributed by atoms with Gasteiger partial charge in [0.2, 0.25) is 0 Å². The third-order valence-corrected chi connectivity index (χ3v) is 3.69. The van der Waals surface area contributed by atoms with Crippen LogP contribution in [0.5, 0.6) is 0 Å². The first-order valence-corrected chi connectivity index (χ1v) is 6.14. The van der Waals surface area contributed by atoms with Crippen molar-refractivity contribution in [1.82, 2.24) is 9.13 Å². The van der Waals surface area contributed by atoms with Crippen LogP contribution >= 0.6 is 22.6 Å². The molecule has 0 aromatic carbocycles. The number of aromatic nitrogens is 2. The number of hydrogen-bond donors (Lipinski definition) is 1. The molecule has 1 saturated heterocycles. The lowest BCUT2D eigenvalue weighted by atomic mass is 10.3. The molecule has 2 atom stereocenters. The predicted octanol–water partition coefficient (Wildman–Crippen LogP) is -0.834. The Labute approximate surface area is 109 Å². The quantitative estimate of drug-likeness (QED) is 0.667. The monoisotopic (exact) mass is 352 g/mol. The molecule has 3 heterocycles. The minimum atomic E-state index is -1.48. The van der Waals surface area contributed by atoms with E-state index in [4.69, 9.17) is 9.47 Å². The summed E-state index contributed by atoms with van der Waals surface area (Å²) in [5.41, 5.74) is -0.884. The fourth-order valence-corrected chi connectivity index (χ4v) is 2.67. The highest BCUT2D eigenvalue weighted by atomic mass is 127. The second kappa shape index (κ2) is 3.64. The lowest BCUT2D eigenvalue weighted by Gasteiger charge is -2.44. The first kappa shape index (κ1) is 11.4. The Morgan fingerprint density at radius 1 is 1.59 bits per heavy atom. The summed E-state index contributed by atoms with van der Waals surface area (Å²) in [6, 6.07) is 0.